The first kappa shape index (κ1) is 25.2. The Balaban J connectivity index is 1.22. The summed E-state index contributed by atoms with van der Waals surface area (Å²) in [4.78, 5) is 44.7. The summed E-state index contributed by atoms with van der Waals surface area (Å²) in [6, 6.07) is 10.2. The lowest BCUT2D eigenvalue weighted by molar-refractivity contribution is -0.121. The fraction of sp³-hybridized carbons (Fsp3) is 0.387. The van der Waals surface area contributed by atoms with E-state index in [2.05, 4.69) is 40.3 Å². The van der Waals surface area contributed by atoms with Gasteiger partial charge in [0.05, 0.1) is 6.54 Å². The molecule has 1 saturated carbocycles. The van der Waals surface area contributed by atoms with Gasteiger partial charge in [-0.2, -0.15) is 4.98 Å². The van der Waals surface area contributed by atoms with Crippen LogP contribution < -0.4 is 20.5 Å². The van der Waals surface area contributed by atoms with E-state index in [0.717, 1.165) is 38.2 Å². The van der Waals surface area contributed by atoms with Gasteiger partial charge in [0.25, 0.3) is 11.5 Å². The van der Waals surface area contributed by atoms with E-state index in [1.165, 1.54) is 24.0 Å². The second-order valence-electron chi connectivity index (χ2n) is 11.6. The molecular formula is C31H32N8O3. The topological polar surface area (TPSA) is 110 Å². The molecule has 6 heterocycles. The summed E-state index contributed by atoms with van der Waals surface area (Å²) in [6.45, 7) is 6.23. The maximum absolute atomic E-state index is 13.6. The average molecular weight is 565 g/mol. The number of carbonyl (C=O) groups excluding carboxylic acids is 1. The van der Waals surface area contributed by atoms with Crippen molar-refractivity contribution >= 4 is 34.4 Å². The molecule has 0 atom stereocenters. The summed E-state index contributed by atoms with van der Waals surface area (Å²) in [5.74, 6) is 1.76. The van der Waals surface area contributed by atoms with Crippen molar-refractivity contribution in [2.75, 3.05) is 36.5 Å². The normalized spacial score (nSPS) is 19.8. The Morgan fingerprint density at radius 3 is 2.86 bits per heavy atom. The number of nitrogens with one attached hydrogen (secondary N) is 1. The Morgan fingerprint density at radius 1 is 1.10 bits per heavy atom. The smallest absolute Gasteiger partial charge is 0.278 e. The number of allylic oxidation sites excluding steroid dienone is 2. The van der Waals surface area contributed by atoms with Crippen molar-refractivity contribution in [1.82, 2.24) is 29.2 Å². The van der Waals surface area contributed by atoms with Gasteiger partial charge in [-0.05, 0) is 67.6 Å². The van der Waals surface area contributed by atoms with Gasteiger partial charge in [-0.3, -0.25) is 19.4 Å². The van der Waals surface area contributed by atoms with Crippen LogP contribution in [-0.4, -0.2) is 61.4 Å². The van der Waals surface area contributed by atoms with Gasteiger partial charge in [-0.25, -0.2) is 19.3 Å². The van der Waals surface area contributed by atoms with Gasteiger partial charge in [0.15, 0.2) is 29.6 Å². The number of pyridine rings is 1. The van der Waals surface area contributed by atoms with Gasteiger partial charge in [-0.1, -0.05) is 25.1 Å². The Bertz CT molecular complexity index is 1840. The number of anilines is 3. The van der Waals surface area contributed by atoms with E-state index < -0.39 is 0 Å². The predicted molar refractivity (Wildman–Crippen MR) is 159 cm³/mol. The van der Waals surface area contributed by atoms with Crippen molar-refractivity contribution in [2.45, 2.75) is 51.1 Å². The van der Waals surface area contributed by atoms with E-state index in [4.69, 9.17) is 14.7 Å². The quantitative estimate of drug-likeness (QED) is 0.376. The van der Waals surface area contributed by atoms with E-state index in [9.17, 15) is 9.59 Å². The molecule has 3 aliphatic heterocycles. The van der Waals surface area contributed by atoms with Crippen LogP contribution in [0.25, 0.3) is 16.9 Å². The molecule has 0 saturated heterocycles. The third-order valence-electron chi connectivity index (χ3n) is 8.98. The molecule has 8 rings (SSSR count). The highest BCUT2D eigenvalue weighted by molar-refractivity contribution is 5.96. The lowest BCUT2D eigenvalue weighted by Gasteiger charge is -2.34. The van der Waals surface area contributed by atoms with Crippen molar-refractivity contribution in [3.63, 3.8) is 0 Å². The third-order valence-corrected chi connectivity index (χ3v) is 8.98. The van der Waals surface area contributed by atoms with Crippen molar-refractivity contribution in [1.29, 1.82) is 0 Å². The number of fused-ring (bicyclic) bond motifs is 7. The van der Waals surface area contributed by atoms with Crippen LogP contribution in [0, 0.1) is 0 Å². The summed E-state index contributed by atoms with van der Waals surface area (Å²) in [5.41, 5.74) is 4.29. The first-order valence-electron chi connectivity index (χ1n) is 14.7. The molecule has 1 fully saturated rings. The molecule has 0 unspecified atom stereocenters. The minimum atomic E-state index is -0.204. The fourth-order valence-electron chi connectivity index (χ4n) is 6.62. The van der Waals surface area contributed by atoms with Crippen LogP contribution in [0.5, 0.6) is 5.75 Å². The molecule has 3 aromatic heterocycles. The van der Waals surface area contributed by atoms with Crippen molar-refractivity contribution < 1.29 is 9.53 Å². The molecule has 1 spiro atoms. The molecule has 2 bridgehead atoms. The lowest BCUT2D eigenvalue weighted by Crippen LogP contribution is -2.40. The Hall–Kier alpha value is -4.51. The number of rotatable bonds is 3. The van der Waals surface area contributed by atoms with Crippen molar-refractivity contribution in [3.8, 4) is 11.6 Å². The molecule has 1 amide bonds. The van der Waals surface area contributed by atoms with Crippen LogP contribution in [0.2, 0.25) is 0 Å². The highest BCUT2D eigenvalue weighted by Gasteiger charge is 2.48. The van der Waals surface area contributed by atoms with Gasteiger partial charge in [-0.15, -0.1) is 0 Å². The second-order valence-corrected chi connectivity index (χ2v) is 11.6. The summed E-state index contributed by atoms with van der Waals surface area (Å²) < 4.78 is 9.00. The summed E-state index contributed by atoms with van der Waals surface area (Å²) in [7, 11) is 0. The van der Waals surface area contributed by atoms with Gasteiger partial charge in [0.2, 0.25) is 5.95 Å². The second kappa shape index (κ2) is 9.52. The van der Waals surface area contributed by atoms with E-state index in [0.29, 0.717) is 52.9 Å². The molecule has 4 aliphatic rings. The number of aromatic nitrogens is 5. The van der Waals surface area contributed by atoms with E-state index in [-0.39, 0.29) is 18.1 Å². The largest absolute Gasteiger partial charge is 0.480 e. The lowest BCUT2D eigenvalue weighted by atomic mass is 9.86. The van der Waals surface area contributed by atoms with Crippen molar-refractivity contribution in [2.24, 2.45) is 0 Å². The molecule has 11 nitrogen and oxygen atoms in total. The molecular weight excluding hydrogens is 532 g/mol. The van der Waals surface area contributed by atoms with Crippen LogP contribution in [0.4, 0.5) is 17.5 Å². The maximum Gasteiger partial charge on any atom is 0.278 e. The minimum Gasteiger partial charge on any atom is -0.480 e. The maximum atomic E-state index is 13.6. The number of hydrogen-bond donors (Lipinski definition) is 1. The number of ether oxygens (including phenoxy) is 1. The van der Waals surface area contributed by atoms with Crippen LogP contribution in [-0.2, 0) is 23.3 Å². The number of benzene rings is 1. The molecule has 42 heavy (non-hydrogen) atoms. The molecule has 4 aromatic rings. The van der Waals surface area contributed by atoms with Crippen LogP contribution in [0.3, 0.4) is 0 Å². The number of carbonyl (C=O) groups is 1. The summed E-state index contributed by atoms with van der Waals surface area (Å²) in [5, 5.41) is 3.78. The van der Waals surface area contributed by atoms with Crippen LogP contribution in [0.1, 0.15) is 43.7 Å². The average Bonchev–Trinajstić information content (AvgIpc) is 3.71. The Morgan fingerprint density at radius 2 is 2.00 bits per heavy atom. The monoisotopic (exact) mass is 564 g/mol. The summed E-state index contributed by atoms with van der Waals surface area (Å²) in [6.07, 6.45) is 9.66. The number of amides is 1. The highest BCUT2D eigenvalue weighted by atomic mass is 16.5. The summed E-state index contributed by atoms with van der Waals surface area (Å²) >= 11 is 0. The number of nitrogens with zero attached hydrogens (tertiary/aromatic N) is 7. The SMILES string of the molecule is CCN1Cc2cc(Nc3ncc4c(=O)n5n(c4n3)-c3ccc4c(n3)N(CCC/C=C\C5)C(=O)CO4)ccc2C2(CC2)C1. The van der Waals surface area contributed by atoms with E-state index in [1.807, 2.05) is 12.2 Å². The number of likely N-dealkylation sites (N-methyl/N-ethyl adjacent to an activating group) is 1. The van der Waals surface area contributed by atoms with Crippen LogP contribution >= 0.6 is 0 Å². The van der Waals surface area contributed by atoms with E-state index in [1.54, 1.807) is 32.6 Å². The molecule has 214 valence electrons. The zero-order valence-corrected chi connectivity index (χ0v) is 23.5. The molecule has 11 heteroatoms. The first-order valence-corrected chi connectivity index (χ1v) is 14.7. The highest BCUT2D eigenvalue weighted by Crippen LogP contribution is 2.52. The zero-order chi connectivity index (χ0) is 28.4. The fourth-order valence-corrected chi connectivity index (χ4v) is 6.62. The molecule has 1 N–H and O–H groups in total. The van der Waals surface area contributed by atoms with Crippen LogP contribution in [0.15, 0.2) is 53.5 Å². The first-order chi connectivity index (χ1) is 20.5. The number of hydrogen-bond acceptors (Lipinski definition) is 8. The predicted octanol–water partition coefficient (Wildman–Crippen LogP) is 3.66. The molecule has 1 aliphatic carbocycles. The van der Waals surface area contributed by atoms with E-state index >= 15 is 0 Å². The molecule has 1 aromatic carbocycles. The Kier molecular flexibility index (Phi) is 5.72. The van der Waals surface area contributed by atoms with Gasteiger partial charge in [0.1, 0.15) is 5.39 Å². The third kappa shape index (κ3) is 4.02. The Labute approximate surface area is 242 Å². The van der Waals surface area contributed by atoms with Crippen molar-refractivity contribution in [3.05, 3.63) is 70.2 Å². The standard InChI is InChI=1S/C31H32N8O3/c1-2-36-17-20-15-21(7-8-23(20)31(19-36)11-12-31)33-30-32-16-22-27(35-30)39-25-10-9-24-28(34-25)37(26(40)18-42-24)13-5-3-4-6-14-38(39)29(22)41/h4,6-10,15-16H,2-3,5,11-14,17-19H2,1H3,(H,32,33,35)/b6-4-. The van der Waals surface area contributed by atoms with Gasteiger partial charge in [0, 0.05) is 36.9 Å². The zero-order valence-electron chi connectivity index (χ0n) is 23.5. The molecule has 0 radical (unpaired) electrons. The minimum absolute atomic E-state index is 0.0105. The van der Waals surface area contributed by atoms with Gasteiger partial charge < -0.3 is 10.1 Å². The van der Waals surface area contributed by atoms with Gasteiger partial charge >= 0.3 is 0 Å².